The van der Waals surface area contributed by atoms with Crippen LogP contribution in [0.2, 0.25) is 0 Å². The van der Waals surface area contributed by atoms with Gasteiger partial charge in [-0.1, -0.05) is 13.3 Å². The van der Waals surface area contributed by atoms with E-state index in [1.54, 1.807) is 14.2 Å². The summed E-state index contributed by atoms with van der Waals surface area (Å²) in [4.78, 5) is 0. The van der Waals surface area contributed by atoms with Crippen LogP contribution in [-0.4, -0.2) is 14.2 Å². The predicted molar refractivity (Wildman–Crippen MR) is 61.2 cm³/mol. The molecule has 14 heavy (non-hydrogen) atoms. The van der Waals surface area contributed by atoms with Crippen molar-refractivity contribution in [3.05, 3.63) is 22.2 Å². The zero-order chi connectivity index (χ0) is 10.6. The standard InChI is InChI=1S/C11H15BrO2/c1-4-5-8-6-9(13-2)7-10(14-3)11(8)12/h6-7H,4-5H2,1-3H3. The lowest BCUT2D eigenvalue weighted by Crippen LogP contribution is -1.93. The molecule has 2 nitrogen and oxygen atoms in total. The average Bonchev–Trinajstić information content (AvgIpc) is 2.21. The number of aryl methyl sites for hydroxylation is 1. The summed E-state index contributed by atoms with van der Waals surface area (Å²) in [6.45, 7) is 2.15. The van der Waals surface area contributed by atoms with Gasteiger partial charge >= 0.3 is 0 Å². The topological polar surface area (TPSA) is 18.5 Å². The molecule has 0 spiro atoms. The summed E-state index contributed by atoms with van der Waals surface area (Å²) in [6, 6.07) is 3.92. The fourth-order valence-electron chi connectivity index (χ4n) is 1.35. The van der Waals surface area contributed by atoms with E-state index in [9.17, 15) is 0 Å². The Kier molecular flexibility index (Phi) is 4.26. The van der Waals surface area contributed by atoms with Crippen LogP contribution in [0.25, 0.3) is 0 Å². The van der Waals surface area contributed by atoms with Gasteiger partial charge in [0.25, 0.3) is 0 Å². The molecule has 78 valence electrons. The lowest BCUT2D eigenvalue weighted by molar-refractivity contribution is 0.391. The number of halogens is 1. The van der Waals surface area contributed by atoms with Gasteiger partial charge in [0.2, 0.25) is 0 Å². The average molecular weight is 259 g/mol. The van der Waals surface area contributed by atoms with Crippen molar-refractivity contribution in [2.75, 3.05) is 14.2 Å². The molecule has 0 radical (unpaired) electrons. The Morgan fingerprint density at radius 3 is 2.43 bits per heavy atom. The van der Waals surface area contributed by atoms with E-state index in [1.165, 1.54) is 5.56 Å². The van der Waals surface area contributed by atoms with Crippen LogP contribution in [0.3, 0.4) is 0 Å². The minimum absolute atomic E-state index is 0.827. The molecular weight excluding hydrogens is 244 g/mol. The Hall–Kier alpha value is -0.700. The molecule has 0 bridgehead atoms. The first-order valence-electron chi connectivity index (χ1n) is 4.63. The molecule has 0 aliphatic rings. The van der Waals surface area contributed by atoms with Gasteiger partial charge in [-0.05, 0) is 34.0 Å². The second-order valence-electron chi connectivity index (χ2n) is 3.05. The molecule has 0 amide bonds. The van der Waals surface area contributed by atoms with E-state index >= 15 is 0 Å². The fourth-order valence-corrected chi connectivity index (χ4v) is 1.93. The molecule has 0 saturated carbocycles. The Balaban J connectivity index is 3.12. The van der Waals surface area contributed by atoms with Crippen molar-refractivity contribution < 1.29 is 9.47 Å². The summed E-state index contributed by atoms with van der Waals surface area (Å²) in [7, 11) is 3.33. The molecule has 0 saturated heterocycles. The van der Waals surface area contributed by atoms with E-state index in [2.05, 4.69) is 22.9 Å². The van der Waals surface area contributed by atoms with Gasteiger partial charge in [0.15, 0.2) is 0 Å². The SMILES string of the molecule is CCCc1cc(OC)cc(OC)c1Br. The first-order chi connectivity index (χ1) is 6.72. The Morgan fingerprint density at radius 2 is 1.93 bits per heavy atom. The molecule has 1 rings (SSSR count). The largest absolute Gasteiger partial charge is 0.497 e. The van der Waals surface area contributed by atoms with Gasteiger partial charge in [-0.25, -0.2) is 0 Å². The van der Waals surface area contributed by atoms with Crippen molar-refractivity contribution in [2.24, 2.45) is 0 Å². The van der Waals surface area contributed by atoms with Gasteiger partial charge in [-0.15, -0.1) is 0 Å². The molecule has 0 aliphatic carbocycles. The Morgan fingerprint density at radius 1 is 1.21 bits per heavy atom. The van der Waals surface area contributed by atoms with Crippen LogP contribution >= 0.6 is 15.9 Å². The Bertz CT molecular complexity index is 310. The minimum Gasteiger partial charge on any atom is -0.497 e. The maximum Gasteiger partial charge on any atom is 0.137 e. The van der Waals surface area contributed by atoms with Gasteiger partial charge in [-0.3, -0.25) is 0 Å². The summed E-state index contributed by atoms with van der Waals surface area (Å²) in [5, 5.41) is 0. The molecule has 0 fully saturated rings. The highest BCUT2D eigenvalue weighted by Crippen LogP contribution is 2.33. The lowest BCUT2D eigenvalue weighted by Gasteiger charge is -2.11. The molecular formula is C11H15BrO2. The van der Waals surface area contributed by atoms with Crippen molar-refractivity contribution in [3.63, 3.8) is 0 Å². The van der Waals surface area contributed by atoms with Crippen molar-refractivity contribution in [3.8, 4) is 11.5 Å². The highest BCUT2D eigenvalue weighted by atomic mass is 79.9. The van der Waals surface area contributed by atoms with Crippen molar-refractivity contribution in [1.29, 1.82) is 0 Å². The summed E-state index contributed by atoms with van der Waals surface area (Å²) >= 11 is 3.53. The van der Waals surface area contributed by atoms with E-state index in [0.29, 0.717) is 0 Å². The molecule has 3 heteroatoms. The second kappa shape index (κ2) is 5.25. The van der Waals surface area contributed by atoms with Crippen LogP contribution < -0.4 is 9.47 Å². The Labute approximate surface area is 93.4 Å². The van der Waals surface area contributed by atoms with Crippen molar-refractivity contribution in [2.45, 2.75) is 19.8 Å². The van der Waals surface area contributed by atoms with Crippen LogP contribution in [0, 0.1) is 0 Å². The summed E-state index contributed by atoms with van der Waals surface area (Å²) in [5.41, 5.74) is 1.23. The van der Waals surface area contributed by atoms with E-state index in [-0.39, 0.29) is 0 Å². The molecule has 0 N–H and O–H groups in total. The number of ether oxygens (including phenoxy) is 2. The lowest BCUT2D eigenvalue weighted by atomic mass is 10.1. The highest BCUT2D eigenvalue weighted by Gasteiger charge is 2.08. The monoisotopic (exact) mass is 258 g/mol. The van der Waals surface area contributed by atoms with E-state index in [1.807, 2.05) is 12.1 Å². The fraction of sp³-hybridized carbons (Fsp3) is 0.455. The third-order valence-electron chi connectivity index (χ3n) is 2.06. The van der Waals surface area contributed by atoms with Crippen LogP contribution in [0.15, 0.2) is 16.6 Å². The van der Waals surface area contributed by atoms with E-state index in [4.69, 9.17) is 9.47 Å². The summed E-state index contributed by atoms with van der Waals surface area (Å²) < 4.78 is 11.5. The van der Waals surface area contributed by atoms with Crippen LogP contribution in [-0.2, 0) is 6.42 Å². The third-order valence-corrected chi connectivity index (χ3v) is 2.96. The maximum absolute atomic E-state index is 5.25. The van der Waals surface area contributed by atoms with Crippen molar-refractivity contribution in [1.82, 2.24) is 0 Å². The molecule has 0 unspecified atom stereocenters. The first kappa shape index (κ1) is 11.4. The highest BCUT2D eigenvalue weighted by molar-refractivity contribution is 9.10. The zero-order valence-corrected chi connectivity index (χ0v) is 10.3. The number of hydrogen-bond donors (Lipinski definition) is 0. The van der Waals surface area contributed by atoms with Gasteiger partial charge < -0.3 is 9.47 Å². The molecule has 0 aromatic heterocycles. The molecule has 0 atom stereocenters. The number of methoxy groups -OCH3 is 2. The van der Waals surface area contributed by atoms with Crippen LogP contribution in [0.1, 0.15) is 18.9 Å². The second-order valence-corrected chi connectivity index (χ2v) is 3.85. The van der Waals surface area contributed by atoms with E-state index in [0.717, 1.165) is 28.8 Å². The van der Waals surface area contributed by atoms with Gasteiger partial charge in [0, 0.05) is 6.07 Å². The molecule has 0 heterocycles. The molecule has 1 aromatic rings. The van der Waals surface area contributed by atoms with Gasteiger partial charge in [0.1, 0.15) is 11.5 Å². The van der Waals surface area contributed by atoms with Gasteiger partial charge in [-0.2, -0.15) is 0 Å². The minimum atomic E-state index is 0.827. The third kappa shape index (κ3) is 2.41. The number of benzene rings is 1. The number of hydrogen-bond acceptors (Lipinski definition) is 2. The summed E-state index contributed by atoms with van der Waals surface area (Å²) in [6.07, 6.45) is 2.13. The first-order valence-corrected chi connectivity index (χ1v) is 5.42. The predicted octanol–water partition coefficient (Wildman–Crippen LogP) is 3.42. The molecule has 1 aromatic carbocycles. The quantitative estimate of drug-likeness (QED) is 0.824. The smallest absolute Gasteiger partial charge is 0.137 e. The van der Waals surface area contributed by atoms with Gasteiger partial charge in [0.05, 0.1) is 18.7 Å². The van der Waals surface area contributed by atoms with E-state index < -0.39 is 0 Å². The summed E-state index contributed by atoms with van der Waals surface area (Å²) in [5.74, 6) is 1.67. The van der Waals surface area contributed by atoms with Crippen LogP contribution in [0.4, 0.5) is 0 Å². The normalized spacial score (nSPS) is 10.0. The van der Waals surface area contributed by atoms with Crippen molar-refractivity contribution >= 4 is 15.9 Å². The maximum atomic E-state index is 5.25. The number of rotatable bonds is 4. The zero-order valence-electron chi connectivity index (χ0n) is 8.76. The van der Waals surface area contributed by atoms with Crippen LogP contribution in [0.5, 0.6) is 11.5 Å². The molecule has 0 aliphatic heterocycles.